The van der Waals surface area contributed by atoms with Crippen LogP contribution < -0.4 is 5.43 Å². The Morgan fingerprint density at radius 3 is 2.33 bits per heavy atom. The number of carbonyl (C=O) groups excluding carboxylic acids is 1. The summed E-state index contributed by atoms with van der Waals surface area (Å²) in [4.78, 5) is 29.2. The molecule has 2 heterocycles. The number of carbonyl (C=O) groups is 1. The molecule has 5 nitrogen and oxygen atoms in total. The summed E-state index contributed by atoms with van der Waals surface area (Å²) >= 11 is 0. The van der Waals surface area contributed by atoms with Gasteiger partial charge in [0.25, 0.3) is 0 Å². The monoisotopic (exact) mass is 416 g/mol. The summed E-state index contributed by atoms with van der Waals surface area (Å²) in [6.07, 6.45) is 2.52. The number of hydrogen-bond acceptors (Lipinski definition) is 4. The topological polar surface area (TPSA) is 61.2 Å². The normalized spacial score (nSPS) is 13.7. The molecule has 1 saturated carbocycles. The van der Waals surface area contributed by atoms with Crippen LogP contribution in [-0.2, 0) is 4.74 Å². The zero-order valence-electron chi connectivity index (χ0n) is 16.7. The number of hydrogen-bond donors (Lipinski definition) is 0. The standard InChI is InChI=1S/C22H19F3N2O3/c1-4-30-22(29)14-9-27(13-5-6-13)20-16(21(14)28)18(24)17(23)15(19(20)25)12-7-10(2)26-11(3)8-12/h7-9,13H,4-6H2,1-3H3. The molecule has 0 spiro atoms. The predicted molar refractivity (Wildman–Crippen MR) is 105 cm³/mol. The van der Waals surface area contributed by atoms with Gasteiger partial charge in [0.15, 0.2) is 17.5 Å². The minimum absolute atomic E-state index is 0.00459. The maximum atomic E-state index is 15.7. The van der Waals surface area contributed by atoms with E-state index >= 15 is 13.2 Å². The maximum Gasteiger partial charge on any atom is 0.343 e. The van der Waals surface area contributed by atoms with E-state index in [4.69, 9.17) is 4.74 Å². The van der Waals surface area contributed by atoms with Crippen LogP contribution in [0.2, 0.25) is 0 Å². The first kappa shape index (κ1) is 20.1. The van der Waals surface area contributed by atoms with Crippen LogP contribution in [0.3, 0.4) is 0 Å². The molecule has 0 amide bonds. The van der Waals surface area contributed by atoms with Crippen LogP contribution in [0.5, 0.6) is 0 Å². The molecule has 1 fully saturated rings. The lowest BCUT2D eigenvalue weighted by molar-refractivity contribution is 0.0524. The number of benzene rings is 1. The van der Waals surface area contributed by atoms with Gasteiger partial charge in [-0.25, -0.2) is 18.0 Å². The van der Waals surface area contributed by atoms with Gasteiger partial charge in [0.05, 0.1) is 23.1 Å². The molecule has 4 rings (SSSR count). The molecule has 2 aromatic heterocycles. The lowest BCUT2D eigenvalue weighted by atomic mass is 9.99. The van der Waals surface area contributed by atoms with Crippen molar-refractivity contribution in [2.24, 2.45) is 0 Å². The van der Waals surface area contributed by atoms with E-state index in [9.17, 15) is 9.59 Å². The third-order valence-electron chi connectivity index (χ3n) is 5.10. The molecule has 0 atom stereocenters. The first-order chi connectivity index (χ1) is 14.2. The van der Waals surface area contributed by atoms with Gasteiger partial charge in [0, 0.05) is 23.6 Å². The second-order valence-corrected chi connectivity index (χ2v) is 7.41. The van der Waals surface area contributed by atoms with Crippen LogP contribution in [0.25, 0.3) is 22.0 Å². The van der Waals surface area contributed by atoms with E-state index in [-0.39, 0.29) is 23.7 Å². The number of esters is 1. The van der Waals surface area contributed by atoms with Crippen molar-refractivity contribution in [1.82, 2.24) is 9.55 Å². The zero-order valence-corrected chi connectivity index (χ0v) is 16.7. The van der Waals surface area contributed by atoms with E-state index in [1.165, 1.54) is 22.9 Å². The fourth-order valence-corrected chi connectivity index (χ4v) is 3.72. The summed E-state index contributed by atoms with van der Waals surface area (Å²) in [6.45, 7) is 4.89. The Morgan fingerprint density at radius 2 is 1.77 bits per heavy atom. The number of rotatable bonds is 4. The molecule has 156 valence electrons. The molecule has 0 bridgehead atoms. The summed E-state index contributed by atoms with van der Waals surface area (Å²) in [5, 5.41) is -0.784. The summed E-state index contributed by atoms with van der Waals surface area (Å²) in [5.41, 5.74) is -1.30. The highest BCUT2D eigenvalue weighted by Crippen LogP contribution is 2.40. The van der Waals surface area contributed by atoms with E-state index in [1.807, 2.05) is 0 Å². The number of pyridine rings is 2. The molecule has 0 saturated heterocycles. The van der Waals surface area contributed by atoms with Gasteiger partial charge in [-0.15, -0.1) is 0 Å². The highest BCUT2D eigenvalue weighted by Gasteiger charge is 2.33. The second-order valence-electron chi connectivity index (χ2n) is 7.41. The van der Waals surface area contributed by atoms with Crippen LogP contribution in [0, 0.1) is 31.3 Å². The van der Waals surface area contributed by atoms with Gasteiger partial charge < -0.3 is 9.30 Å². The first-order valence-corrected chi connectivity index (χ1v) is 9.62. The average molecular weight is 416 g/mol. The van der Waals surface area contributed by atoms with Gasteiger partial charge in [0.1, 0.15) is 5.56 Å². The molecule has 8 heteroatoms. The van der Waals surface area contributed by atoms with Gasteiger partial charge in [-0.1, -0.05) is 0 Å². The molecule has 30 heavy (non-hydrogen) atoms. The molecular weight excluding hydrogens is 397 g/mol. The highest BCUT2D eigenvalue weighted by atomic mass is 19.2. The maximum absolute atomic E-state index is 15.7. The molecule has 1 aromatic carbocycles. The lowest BCUT2D eigenvalue weighted by Gasteiger charge is -2.17. The van der Waals surface area contributed by atoms with Crippen LogP contribution in [0.15, 0.2) is 23.1 Å². The van der Waals surface area contributed by atoms with E-state index < -0.39 is 45.4 Å². The van der Waals surface area contributed by atoms with Crippen LogP contribution in [0.4, 0.5) is 13.2 Å². The van der Waals surface area contributed by atoms with E-state index in [0.717, 1.165) is 0 Å². The zero-order chi connectivity index (χ0) is 21.7. The molecule has 0 unspecified atom stereocenters. The Kier molecular flexibility index (Phi) is 4.88. The lowest BCUT2D eigenvalue weighted by Crippen LogP contribution is -2.23. The summed E-state index contributed by atoms with van der Waals surface area (Å²) in [7, 11) is 0. The molecule has 3 aromatic rings. The SMILES string of the molecule is CCOC(=O)c1cn(C2CC2)c2c(F)c(-c3cc(C)nc(C)c3)c(F)c(F)c2c1=O. The predicted octanol–water partition coefficient (Wildman–Crippen LogP) is 4.61. The third-order valence-corrected chi connectivity index (χ3v) is 5.10. The molecule has 0 N–H and O–H groups in total. The van der Waals surface area contributed by atoms with Crippen molar-refractivity contribution in [1.29, 1.82) is 0 Å². The van der Waals surface area contributed by atoms with E-state index in [2.05, 4.69) is 4.98 Å². The van der Waals surface area contributed by atoms with Gasteiger partial charge in [0.2, 0.25) is 5.43 Å². The van der Waals surface area contributed by atoms with E-state index in [0.29, 0.717) is 24.2 Å². The minimum Gasteiger partial charge on any atom is -0.462 e. The third kappa shape index (κ3) is 3.16. The van der Waals surface area contributed by atoms with Crippen molar-refractivity contribution in [2.45, 2.75) is 39.7 Å². The van der Waals surface area contributed by atoms with Crippen molar-refractivity contribution >= 4 is 16.9 Å². The Morgan fingerprint density at radius 1 is 1.13 bits per heavy atom. The van der Waals surface area contributed by atoms with Gasteiger partial charge in [-0.3, -0.25) is 9.78 Å². The highest BCUT2D eigenvalue weighted by molar-refractivity contribution is 5.95. The molecule has 1 aliphatic carbocycles. The molecule has 0 aliphatic heterocycles. The Labute approximate surface area is 170 Å². The second kappa shape index (κ2) is 7.27. The average Bonchev–Trinajstić information content (AvgIpc) is 3.50. The Bertz CT molecular complexity index is 1240. The van der Waals surface area contributed by atoms with Gasteiger partial charge >= 0.3 is 5.97 Å². The molecule has 1 aliphatic rings. The largest absolute Gasteiger partial charge is 0.462 e. The summed E-state index contributed by atoms with van der Waals surface area (Å²) in [6, 6.07) is 2.69. The summed E-state index contributed by atoms with van der Waals surface area (Å²) in [5.74, 6) is -4.97. The fraction of sp³-hybridized carbons (Fsp3) is 0.318. The van der Waals surface area contributed by atoms with Crippen LogP contribution in [0.1, 0.15) is 47.6 Å². The minimum atomic E-state index is -1.49. The van der Waals surface area contributed by atoms with Crippen molar-refractivity contribution in [3.05, 3.63) is 63.0 Å². The number of nitrogens with zero attached hydrogens (tertiary/aromatic N) is 2. The number of halogens is 3. The van der Waals surface area contributed by atoms with E-state index in [1.54, 1.807) is 20.8 Å². The number of ether oxygens (including phenoxy) is 1. The van der Waals surface area contributed by atoms with Crippen molar-refractivity contribution in [3.8, 4) is 11.1 Å². The van der Waals surface area contributed by atoms with Gasteiger partial charge in [-0.05, 0) is 51.3 Å². The number of aromatic nitrogens is 2. The van der Waals surface area contributed by atoms with Crippen molar-refractivity contribution < 1.29 is 22.7 Å². The first-order valence-electron chi connectivity index (χ1n) is 9.62. The Balaban J connectivity index is 2.12. The summed E-state index contributed by atoms with van der Waals surface area (Å²) < 4.78 is 52.1. The fourth-order valence-electron chi connectivity index (χ4n) is 3.72. The van der Waals surface area contributed by atoms with Crippen molar-refractivity contribution in [3.63, 3.8) is 0 Å². The molecule has 0 radical (unpaired) electrons. The van der Waals surface area contributed by atoms with Crippen LogP contribution >= 0.6 is 0 Å². The van der Waals surface area contributed by atoms with Gasteiger partial charge in [-0.2, -0.15) is 0 Å². The number of aryl methyl sites for hydroxylation is 2. The Hall–Kier alpha value is -3.16. The number of fused-ring (bicyclic) bond motifs is 1. The molecular formula is C22H19F3N2O3. The van der Waals surface area contributed by atoms with Crippen molar-refractivity contribution in [2.75, 3.05) is 6.61 Å². The quantitative estimate of drug-likeness (QED) is 0.460. The van der Waals surface area contributed by atoms with Crippen LogP contribution in [-0.4, -0.2) is 22.1 Å². The smallest absolute Gasteiger partial charge is 0.343 e.